The van der Waals surface area contributed by atoms with Gasteiger partial charge in [0.2, 0.25) is 0 Å². The van der Waals surface area contributed by atoms with Crippen LogP contribution < -0.4 is 9.30 Å². The number of para-hydroxylation sites is 2. The number of hydrogen-bond acceptors (Lipinski definition) is 2. The maximum atomic E-state index is 6.89. The lowest BCUT2D eigenvalue weighted by Gasteiger charge is -2.27. The number of hydrogen-bond donors (Lipinski definition) is 0. The van der Waals surface area contributed by atoms with E-state index < -0.39 is 0 Å². The first-order valence-electron chi connectivity index (χ1n) is 25.5. The van der Waals surface area contributed by atoms with Crippen molar-refractivity contribution in [2.24, 2.45) is 0 Å². The average Bonchev–Trinajstić information content (AvgIpc) is 3.94. The Morgan fingerprint density at radius 3 is 1.86 bits per heavy atom. The molecule has 8 aromatic carbocycles. The summed E-state index contributed by atoms with van der Waals surface area (Å²) in [5, 5.41) is 2.34. The number of ether oxygens (including phenoxy) is 1. The van der Waals surface area contributed by atoms with Crippen LogP contribution >= 0.6 is 0 Å². The minimum Gasteiger partial charge on any atom is -0.458 e. The van der Waals surface area contributed by atoms with Crippen LogP contribution in [0.2, 0.25) is 0 Å². The normalized spacial score (nSPS) is 12.1. The molecule has 0 aliphatic carbocycles. The van der Waals surface area contributed by atoms with Crippen molar-refractivity contribution in [2.45, 2.75) is 85.0 Å². The van der Waals surface area contributed by atoms with E-state index >= 15 is 0 Å². The van der Waals surface area contributed by atoms with Crippen molar-refractivity contribution < 1.29 is 9.30 Å². The van der Waals surface area contributed by atoms with Gasteiger partial charge in [0.25, 0.3) is 6.33 Å². The standard InChI is InChI=1S/C67H62N4O/c1-9-45(10-2)49-35-36-68-64(40-49)71-60-30-18-17-27-58(60)59-33-32-55(43-62(59)71)72-54-26-19-25-53(42-54)69-44-70(61-34-31-48(39-63(61)69)46-21-13-11-14-22-46)65-56(47-23-15-12-16-24-47)28-20-29-57(65)50-37-51(66(3,4)5)41-52(38-50)67(6,7)8/h11-43,45H,9-10H2,1-8H3. The molecule has 11 rings (SSSR count). The molecule has 0 fully saturated rings. The Bertz CT molecular complexity index is 3740. The maximum absolute atomic E-state index is 6.89. The van der Waals surface area contributed by atoms with E-state index in [1.807, 2.05) is 12.3 Å². The minimum atomic E-state index is -0.0521. The largest absolute Gasteiger partial charge is 0.458 e. The molecule has 0 aliphatic rings. The fraction of sp³-hybridized carbons (Fsp3) is 0.194. The van der Waals surface area contributed by atoms with E-state index in [9.17, 15) is 0 Å². The summed E-state index contributed by atoms with van der Waals surface area (Å²) < 4.78 is 13.7. The summed E-state index contributed by atoms with van der Waals surface area (Å²) in [6.45, 7) is 18.4. The zero-order valence-electron chi connectivity index (χ0n) is 42.7. The summed E-state index contributed by atoms with van der Waals surface area (Å²) in [7, 11) is 0. The quantitative estimate of drug-likeness (QED) is 0.0957. The molecule has 11 aromatic rings. The summed E-state index contributed by atoms with van der Waals surface area (Å²) in [6.07, 6.45) is 8.08. The van der Waals surface area contributed by atoms with Gasteiger partial charge in [-0.1, -0.05) is 189 Å². The predicted molar refractivity (Wildman–Crippen MR) is 299 cm³/mol. The molecule has 0 N–H and O–H groups in total. The third kappa shape index (κ3) is 8.68. The van der Waals surface area contributed by atoms with Crippen LogP contribution in [0.5, 0.6) is 11.5 Å². The topological polar surface area (TPSA) is 35.9 Å². The summed E-state index contributed by atoms with van der Waals surface area (Å²) in [6, 6.07) is 70.0. The molecule has 0 aliphatic heterocycles. The number of nitrogens with zero attached hydrogens (tertiary/aromatic N) is 4. The van der Waals surface area contributed by atoms with Crippen molar-refractivity contribution in [1.29, 1.82) is 0 Å². The van der Waals surface area contributed by atoms with E-state index in [4.69, 9.17) is 9.72 Å². The monoisotopic (exact) mass is 938 g/mol. The SMILES string of the molecule is CCC(CC)c1ccnc(-n2c3ccccc3c3ccc(Oc4cccc(-n5[c-][n+](-c6c(-c7ccccc7)cccc6-c6cc(C(C)(C)C)cc(C(C)(C)C)c6)c6ccc(-c7ccccc7)cc65)c4)cc32)c1. The molecule has 356 valence electrons. The first kappa shape index (κ1) is 46.4. The summed E-state index contributed by atoms with van der Waals surface area (Å²) in [4.78, 5) is 4.95. The summed E-state index contributed by atoms with van der Waals surface area (Å²) in [5.41, 5.74) is 16.9. The molecule has 0 atom stereocenters. The van der Waals surface area contributed by atoms with Gasteiger partial charge in [-0.25, -0.2) is 4.98 Å². The summed E-state index contributed by atoms with van der Waals surface area (Å²) in [5.74, 6) is 2.86. The van der Waals surface area contributed by atoms with Crippen molar-refractivity contribution in [3.63, 3.8) is 0 Å². The van der Waals surface area contributed by atoms with Crippen LogP contribution in [0.25, 0.3) is 83.4 Å². The van der Waals surface area contributed by atoms with Crippen LogP contribution in [-0.2, 0) is 10.8 Å². The van der Waals surface area contributed by atoms with Crippen LogP contribution in [0.4, 0.5) is 0 Å². The Balaban J connectivity index is 1.08. The third-order valence-electron chi connectivity index (χ3n) is 14.5. The Hall–Kier alpha value is -8.02. The number of aromatic nitrogens is 4. The zero-order valence-corrected chi connectivity index (χ0v) is 42.7. The predicted octanol–water partition coefficient (Wildman–Crippen LogP) is 17.5. The van der Waals surface area contributed by atoms with Gasteiger partial charge in [0, 0.05) is 23.0 Å². The molecule has 3 heterocycles. The number of pyridine rings is 1. The number of benzene rings is 8. The van der Waals surface area contributed by atoms with Crippen LogP contribution in [0.3, 0.4) is 0 Å². The molecule has 0 radical (unpaired) electrons. The Kier molecular flexibility index (Phi) is 12.0. The highest BCUT2D eigenvalue weighted by Crippen LogP contribution is 2.41. The molecule has 0 amide bonds. The fourth-order valence-electron chi connectivity index (χ4n) is 10.4. The maximum Gasteiger partial charge on any atom is 0.269 e. The van der Waals surface area contributed by atoms with E-state index in [-0.39, 0.29) is 10.8 Å². The van der Waals surface area contributed by atoms with Crippen molar-refractivity contribution >= 4 is 32.8 Å². The van der Waals surface area contributed by atoms with Crippen LogP contribution in [-0.4, -0.2) is 14.1 Å². The lowest BCUT2D eigenvalue weighted by atomic mass is 9.78. The van der Waals surface area contributed by atoms with Crippen LogP contribution in [0, 0.1) is 6.33 Å². The van der Waals surface area contributed by atoms with Gasteiger partial charge in [-0.3, -0.25) is 13.7 Å². The van der Waals surface area contributed by atoms with Crippen molar-refractivity contribution in [3.8, 4) is 62.1 Å². The molecule has 0 bridgehead atoms. The highest BCUT2D eigenvalue weighted by molar-refractivity contribution is 6.09. The number of imidazole rings is 1. The highest BCUT2D eigenvalue weighted by atomic mass is 16.5. The first-order valence-corrected chi connectivity index (χ1v) is 25.5. The van der Waals surface area contributed by atoms with Gasteiger partial charge in [-0.05, 0) is 134 Å². The number of fused-ring (bicyclic) bond motifs is 4. The Labute approximate surface area is 424 Å². The first-order chi connectivity index (χ1) is 34.9. The molecule has 0 spiro atoms. The number of rotatable bonds is 11. The fourth-order valence-corrected chi connectivity index (χ4v) is 10.4. The van der Waals surface area contributed by atoms with Crippen LogP contribution in [0.1, 0.15) is 90.8 Å². The van der Waals surface area contributed by atoms with E-state index in [2.05, 4.69) is 263 Å². The molecule has 5 heteroatoms. The van der Waals surface area contributed by atoms with Crippen molar-refractivity contribution in [1.82, 2.24) is 14.1 Å². The van der Waals surface area contributed by atoms with Gasteiger partial charge < -0.3 is 4.74 Å². The second kappa shape index (κ2) is 18.6. The Morgan fingerprint density at radius 2 is 1.15 bits per heavy atom. The van der Waals surface area contributed by atoms with E-state index in [1.54, 1.807) is 0 Å². The molecule has 0 saturated carbocycles. The van der Waals surface area contributed by atoms with Crippen molar-refractivity contribution in [2.75, 3.05) is 0 Å². The van der Waals surface area contributed by atoms with Gasteiger partial charge in [0.15, 0.2) is 0 Å². The Morgan fingerprint density at radius 1 is 0.514 bits per heavy atom. The molecule has 72 heavy (non-hydrogen) atoms. The van der Waals surface area contributed by atoms with E-state index in [0.717, 1.165) is 96.8 Å². The summed E-state index contributed by atoms with van der Waals surface area (Å²) >= 11 is 0. The van der Waals surface area contributed by atoms with Crippen LogP contribution in [0.15, 0.2) is 200 Å². The lowest BCUT2D eigenvalue weighted by Crippen LogP contribution is -2.31. The smallest absolute Gasteiger partial charge is 0.269 e. The van der Waals surface area contributed by atoms with E-state index in [0.29, 0.717) is 5.92 Å². The molecule has 3 aromatic heterocycles. The molecule has 0 unspecified atom stereocenters. The molecule has 0 saturated heterocycles. The zero-order chi connectivity index (χ0) is 49.7. The second-order valence-corrected chi connectivity index (χ2v) is 21.3. The van der Waals surface area contributed by atoms with E-state index in [1.165, 1.54) is 27.6 Å². The van der Waals surface area contributed by atoms with Gasteiger partial charge in [-0.2, -0.15) is 0 Å². The molecular formula is C67H62N4O. The van der Waals surface area contributed by atoms with Gasteiger partial charge >= 0.3 is 0 Å². The minimum absolute atomic E-state index is 0.0521. The third-order valence-corrected chi connectivity index (χ3v) is 14.5. The highest BCUT2D eigenvalue weighted by Gasteiger charge is 2.25. The average molecular weight is 939 g/mol. The molecular weight excluding hydrogens is 877 g/mol. The lowest BCUT2D eigenvalue weighted by molar-refractivity contribution is -0.571. The van der Waals surface area contributed by atoms with Crippen molar-refractivity contribution in [3.05, 3.63) is 223 Å². The van der Waals surface area contributed by atoms with Gasteiger partial charge in [0.1, 0.15) is 17.3 Å². The second-order valence-electron chi connectivity index (χ2n) is 21.3. The van der Waals surface area contributed by atoms with Gasteiger partial charge in [-0.15, -0.1) is 0 Å². The molecule has 5 nitrogen and oxygen atoms in total. The van der Waals surface area contributed by atoms with Gasteiger partial charge in [0.05, 0.1) is 33.4 Å².